The summed E-state index contributed by atoms with van der Waals surface area (Å²) in [6.07, 6.45) is 0. The summed E-state index contributed by atoms with van der Waals surface area (Å²) < 4.78 is 1.15. The molecule has 3 rings (SSSR count). The highest BCUT2D eigenvalue weighted by atomic mass is 127. The van der Waals surface area contributed by atoms with Crippen LogP contribution in [0.4, 0.5) is 5.69 Å². The Balaban J connectivity index is 2.26. The van der Waals surface area contributed by atoms with E-state index in [0.717, 1.165) is 31.7 Å². The number of halogens is 1. The Hall–Kier alpha value is -1.56. The predicted molar refractivity (Wildman–Crippen MR) is 88.1 cm³/mol. The monoisotopic (exact) mass is 363 g/mol. The van der Waals surface area contributed by atoms with Gasteiger partial charge in [-0.1, -0.05) is 6.07 Å². The number of imidazole rings is 1. The molecule has 3 nitrogen and oxygen atoms in total. The Morgan fingerprint density at radius 2 is 1.95 bits per heavy atom. The van der Waals surface area contributed by atoms with E-state index in [2.05, 4.69) is 64.6 Å². The van der Waals surface area contributed by atoms with Gasteiger partial charge in [-0.25, -0.2) is 4.98 Å². The van der Waals surface area contributed by atoms with Gasteiger partial charge in [0.2, 0.25) is 0 Å². The summed E-state index contributed by atoms with van der Waals surface area (Å²) in [5.41, 5.74) is 12.2. The lowest BCUT2D eigenvalue weighted by Gasteiger charge is -2.02. The number of nitrogen functional groups attached to an aromatic ring is 1. The van der Waals surface area contributed by atoms with Crippen LogP contribution in [-0.4, -0.2) is 9.97 Å². The Morgan fingerprint density at radius 1 is 1.16 bits per heavy atom. The Labute approximate surface area is 125 Å². The first kappa shape index (κ1) is 12.5. The number of nitrogens with one attached hydrogen (secondary N) is 1. The van der Waals surface area contributed by atoms with Crippen LogP contribution < -0.4 is 5.73 Å². The zero-order valence-electron chi connectivity index (χ0n) is 10.8. The second-order valence-electron chi connectivity index (χ2n) is 4.79. The number of rotatable bonds is 1. The lowest BCUT2D eigenvalue weighted by atomic mass is 10.1. The molecule has 19 heavy (non-hydrogen) atoms. The molecule has 0 amide bonds. The Morgan fingerprint density at radius 3 is 2.74 bits per heavy atom. The molecule has 0 aliphatic carbocycles. The summed E-state index contributed by atoms with van der Waals surface area (Å²) in [4.78, 5) is 8.05. The summed E-state index contributed by atoms with van der Waals surface area (Å²) in [5, 5.41) is 0. The minimum absolute atomic E-state index is 0.744. The zero-order valence-corrected chi connectivity index (χ0v) is 12.9. The zero-order chi connectivity index (χ0) is 13.6. The molecule has 0 atom stereocenters. The van der Waals surface area contributed by atoms with E-state index in [0.29, 0.717) is 0 Å². The van der Waals surface area contributed by atoms with Crippen molar-refractivity contribution in [1.29, 1.82) is 0 Å². The number of hydrogen-bond donors (Lipinski definition) is 2. The number of fused-ring (bicyclic) bond motifs is 1. The van der Waals surface area contributed by atoms with Crippen LogP contribution in [0.1, 0.15) is 11.1 Å². The fraction of sp³-hybridized carbons (Fsp3) is 0.133. The van der Waals surface area contributed by atoms with E-state index in [1.54, 1.807) is 0 Å². The summed E-state index contributed by atoms with van der Waals surface area (Å²) in [6, 6.07) is 10.2. The van der Waals surface area contributed by atoms with Gasteiger partial charge in [0.15, 0.2) is 0 Å². The van der Waals surface area contributed by atoms with Gasteiger partial charge in [0.25, 0.3) is 0 Å². The molecule has 3 aromatic rings. The SMILES string of the molecule is Cc1cc(C)c2nc(-c3cc(I)ccc3N)[nH]c2c1. The van der Waals surface area contributed by atoms with E-state index >= 15 is 0 Å². The van der Waals surface area contributed by atoms with Crippen molar-refractivity contribution in [1.82, 2.24) is 9.97 Å². The molecule has 0 fully saturated rings. The van der Waals surface area contributed by atoms with Crippen molar-refractivity contribution in [2.45, 2.75) is 13.8 Å². The van der Waals surface area contributed by atoms with Crippen molar-refractivity contribution < 1.29 is 0 Å². The van der Waals surface area contributed by atoms with Crippen LogP contribution >= 0.6 is 22.6 Å². The molecule has 0 unspecified atom stereocenters. The number of nitrogens with zero attached hydrogens (tertiary/aromatic N) is 1. The molecule has 0 saturated carbocycles. The van der Waals surface area contributed by atoms with Crippen LogP contribution in [0.25, 0.3) is 22.4 Å². The molecule has 2 aromatic carbocycles. The molecule has 4 heteroatoms. The van der Waals surface area contributed by atoms with E-state index in [1.807, 2.05) is 12.1 Å². The second-order valence-corrected chi connectivity index (χ2v) is 6.04. The molecule has 0 bridgehead atoms. The largest absolute Gasteiger partial charge is 0.398 e. The van der Waals surface area contributed by atoms with Gasteiger partial charge >= 0.3 is 0 Å². The van der Waals surface area contributed by atoms with Crippen molar-refractivity contribution in [3.63, 3.8) is 0 Å². The van der Waals surface area contributed by atoms with Crippen molar-refractivity contribution >= 4 is 39.3 Å². The first-order chi connectivity index (χ1) is 9.04. The van der Waals surface area contributed by atoms with Crippen molar-refractivity contribution in [3.8, 4) is 11.4 Å². The second kappa shape index (κ2) is 4.52. The van der Waals surface area contributed by atoms with Crippen molar-refractivity contribution in [2.24, 2.45) is 0 Å². The molecule has 1 aromatic heterocycles. The van der Waals surface area contributed by atoms with Gasteiger partial charge in [0, 0.05) is 14.8 Å². The average Bonchev–Trinajstić information content (AvgIpc) is 2.76. The third kappa shape index (κ3) is 2.20. The third-order valence-corrected chi connectivity index (χ3v) is 3.86. The normalized spacial score (nSPS) is 11.1. The fourth-order valence-electron chi connectivity index (χ4n) is 2.33. The van der Waals surface area contributed by atoms with Gasteiger partial charge in [-0.3, -0.25) is 0 Å². The molecular formula is C15H14IN3. The van der Waals surface area contributed by atoms with Crippen LogP contribution in [-0.2, 0) is 0 Å². The van der Waals surface area contributed by atoms with Crippen molar-refractivity contribution in [2.75, 3.05) is 5.73 Å². The number of anilines is 1. The molecule has 0 aliphatic rings. The molecule has 0 saturated heterocycles. The minimum Gasteiger partial charge on any atom is -0.398 e. The number of aromatic amines is 1. The summed E-state index contributed by atoms with van der Waals surface area (Å²) in [5.74, 6) is 0.833. The predicted octanol–water partition coefficient (Wildman–Crippen LogP) is 4.03. The average molecular weight is 363 g/mol. The number of aryl methyl sites for hydroxylation is 2. The van der Waals surface area contributed by atoms with E-state index in [1.165, 1.54) is 11.1 Å². The van der Waals surface area contributed by atoms with E-state index in [4.69, 9.17) is 5.73 Å². The number of hydrogen-bond acceptors (Lipinski definition) is 2. The summed E-state index contributed by atoms with van der Waals surface area (Å²) in [7, 11) is 0. The number of benzene rings is 2. The number of H-pyrrole nitrogens is 1. The lowest BCUT2D eigenvalue weighted by molar-refractivity contribution is 1.33. The van der Waals surface area contributed by atoms with E-state index in [9.17, 15) is 0 Å². The van der Waals surface area contributed by atoms with E-state index < -0.39 is 0 Å². The summed E-state index contributed by atoms with van der Waals surface area (Å²) in [6.45, 7) is 4.17. The fourth-order valence-corrected chi connectivity index (χ4v) is 2.82. The number of nitrogens with two attached hydrogens (primary N) is 1. The molecule has 0 spiro atoms. The third-order valence-electron chi connectivity index (χ3n) is 3.19. The van der Waals surface area contributed by atoms with Crippen LogP contribution in [0.5, 0.6) is 0 Å². The van der Waals surface area contributed by atoms with Gasteiger partial charge < -0.3 is 10.7 Å². The van der Waals surface area contributed by atoms with Crippen LogP contribution in [0, 0.1) is 17.4 Å². The molecule has 0 aliphatic heterocycles. The maximum absolute atomic E-state index is 6.05. The van der Waals surface area contributed by atoms with E-state index in [-0.39, 0.29) is 0 Å². The quantitative estimate of drug-likeness (QED) is 0.507. The molecule has 1 heterocycles. The molecule has 3 N–H and O–H groups in total. The van der Waals surface area contributed by atoms with Gasteiger partial charge in [-0.15, -0.1) is 0 Å². The first-order valence-corrected chi connectivity index (χ1v) is 7.15. The number of aromatic nitrogens is 2. The Kier molecular flexibility index (Phi) is 2.97. The molecule has 0 radical (unpaired) electrons. The highest BCUT2D eigenvalue weighted by Crippen LogP contribution is 2.28. The molecule has 96 valence electrons. The maximum atomic E-state index is 6.05. The van der Waals surface area contributed by atoms with Crippen LogP contribution in [0.3, 0.4) is 0 Å². The van der Waals surface area contributed by atoms with Gasteiger partial charge in [0.05, 0.1) is 11.0 Å². The first-order valence-electron chi connectivity index (χ1n) is 6.07. The highest BCUT2D eigenvalue weighted by Gasteiger charge is 2.10. The van der Waals surface area contributed by atoms with Gasteiger partial charge in [0.1, 0.15) is 5.82 Å². The minimum atomic E-state index is 0.744. The van der Waals surface area contributed by atoms with Crippen LogP contribution in [0.2, 0.25) is 0 Å². The van der Waals surface area contributed by atoms with Crippen LogP contribution in [0.15, 0.2) is 30.3 Å². The maximum Gasteiger partial charge on any atom is 0.140 e. The highest BCUT2D eigenvalue weighted by molar-refractivity contribution is 14.1. The smallest absolute Gasteiger partial charge is 0.140 e. The topological polar surface area (TPSA) is 54.7 Å². The lowest BCUT2D eigenvalue weighted by Crippen LogP contribution is -1.91. The standard InChI is InChI=1S/C15H14IN3/c1-8-5-9(2)14-13(6-8)18-15(19-14)11-7-10(16)3-4-12(11)17/h3-7H,17H2,1-2H3,(H,18,19). The summed E-state index contributed by atoms with van der Waals surface area (Å²) >= 11 is 2.28. The van der Waals surface area contributed by atoms with Gasteiger partial charge in [-0.2, -0.15) is 0 Å². The van der Waals surface area contributed by atoms with Gasteiger partial charge in [-0.05, 0) is 71.8 Å². The van der Waals surface area contributed by atoms with Crippen molar-refractivity contribution in [3.05, 3.63) is 45.0 Å². The molecular weight excluding hydrogens is 349 g/mol. The Bertz CT molecular complexity index is 774.